The maximum Gasteiger partial charge on any atom is 0.127 e. The molecule has 2 aromatic carbocycles. The molecule has 4 rings (SSSR count). The van der Waals surface area contributed by atoms with Gasteiger partial charge in [0.25, 0.3) is 0 Å². The van der Waals surface area contributed by atoms with E-state index in [2.05, 4.69) is 0 Å². The van der Waals surface area contributed by atoms with E-state index in [0.29, 0.717) is 6.04 Å². The van der Waals surface area contributed by atoms with Crippen molar-refractivity contribution >= 4 is 0 Å². The van der Waals surface area contributed by atoms with E-state index in [4.69, 9.17) is 5.11 Å². The lowest BCUT2D eigenvalue weighted by atomic mass is 9.76. The van der Waals surface area contributed by atoms with Crippen LogP contribution >= 0.6 is 0 Å². The van der Waals surface area contributed by atoms with Gasteiger partial charge in [0.15, 0.2) is 0 Å². The van der Waals surface area contributed by atoms with Crippen molar-refractivity contribution in [2.45, 2.75) is 24.8 Å². The molecule has 0 spiro atoms. The summed E-state index contributed by atoms with van der Waals surface area (Å²) in [5.41, 5.74) is 3.42. The van der Waals surface area contributed by atoms with E-state index in [1.807, 2.05) is 18.2 Å². The maximum absolute atomic E-state index is 14.1. The SMILES string of the molecule is OCC[NH+]1CC[NH+]([C@H]2CC[C@@H](c3ccc(F)cc3)c3ccc(F)cc32)CC1. The Morgan fingerprint density at radius 1 is 0.852 bits per heavy atom. The number of aliphatic hydroxyl groups excluding tert-OH is 1. The number of piperazine rings is 1. The number of fused-ring (bicyclic) bond motifs is 1. The van der Waals surface area contributed by atoms with Crippen LogP contribution in [0.1, 0.15) is 41.5 Å². The lowest BCUT2D eigenvalue weighted by molar-refractivity contribution is -1.03. The first-order chi connectivity index (χ1) is 13.2. The molecular formula is C22H28F2N2O+2. The smallest absolute Gasteiger partial charge is 0.127 e. The van der Waals surface area contributed by atoms with Crippen molar-refractivity contribution < 1.29 is 23.7 Å². The van der Waals surface area contributed by atoms with Crippen LogP contribution < -0.4 is 9.80 Å². The fourth-order valence-corrected chi connectivity index (χ4v) is 4.96. The predicted molar refractivity (Wildman–Crippen MR) is 100.0 cm³/mol. The number of aliphatic hydroxyl groups is 1. The molecule has 3 nitrogen and oxygen atoms in total. The van der Waals surface area contributed by atoms with Gasteiger partial charge in [-0.05, 0) is 41.8 Å². The number of hydrogen-bond donors (Lipinski definition) is 3. The van der Waals surface area contributed by atoms with E-state index in [-0.39, 0.29) is 24.2 Å². The topological polar surface area (TPSA) is 29.1 Å². The zero-order valence-electron chi connectivity index (χ0n) is 15.6. The predicted octanol–water partition coefficient (Wildman–Crippen LogP) is 0.707. The van der Waals surface area contributed by atoms with E-state index in [1.165, 1.54) is 27.5 Å². The van der Waals surface area contributed by atoms with Gasteiger partial charge in [0.2, 0.25) is 0 Å². The van der Waals surface area contributed by atoms with Gasteiger partial charge in [-0.25, -0.2) is 8.78 Å². The summed E-state index contributed by atoms with van der Waals surface area (Å²) in [5, 5.41) is 9.16. The summed E-state index contributed by atoms with van der Waals surface area (Å²) in [6.45, 7) is 5.27. The average Bonchev–Trinajstić information content (AvgIpc) is 2.69. The lowest BCUT2D eigenvalue weighted by Crippen LogP contribution is -3.28. The van der Waals surface area contributed by atoms with Crippen molar-refractivity contribution in [2.75, 3.05) is 39.3 Å². The summed E-state index contributed by atoms with van der Waals surface area (Å²) in [4.78, 5) is 2.99. The number of quaternary nitrogens is 2. The third-order valence-corrected chi connectivity index (χ3v) is 6.37. The molecule has 1 saturated heterocycles. The first-order valence-corrected chi connectivity index (χ1v) is 9.99. The van der Waals surface area contributed by atoms with Crippen molar-refractivity contribution in [3.05, 3.63) is 70.8 Å². The van der Waals surface area contributed by atoms with E-state index in [0.717, 1.165) is 56.7 Å². The monoisotopic (exact) mass is 374 g/mol. The Bertz CT molecular complexity index is 772. The fourth-order valence-electron chi connectivity index (χ4n) is 4.96. The van der Waals surface area contributed by atoms with Crippen molar-refractivity contribution in [2.24, 2.45) is 0 Å². The molecule has 0 saturated carbocycles. The van der Waals surface area contributed by atoms with E-state index < -0.39 is 0 Å². The first kappa shape index (κ1) is 18.5. The normalized spacial score (nSPS) is 28.0. The van der Waals surface area contributed by atoms with Crippen LogP contribution in [0.3, 0.4) is 0 Å². The highest BCUT2D eigenvalue weighted by Crippen LogP contribution is 2.40. The Kier molecular flexibility index (Phi) is 5.53. The van der Waals surface area contributed by atoms with Gasteiger partial charge in [0.05, 0.1) is 6.61 Å². The molecular weight excluding hydrogens is 346 g/mol. The molecule has 1 heterocycles. The molecule has 1 aliphatic carbocycles. The number of benzene rings is 2. The second kappa shape index (κ2) is 8.05. The zero-order valence-corrected chi connectivity index (χ0v) is 15.6. The second-order valence-electron chi connectivity index (χ2n) is 7.89. The molecule has 27 heavy (non-hydrogen) atoms. The van der Waals surface area contributed by atoms with Crippen LogP contribution in [0.15, 0.2) is 42.5 Å². The molecule has 2 aromatic rings. The van der Waals surface area contributed by atoms with Gasteiger partial charge < -0.3 is 14.9 Å². The summed E-state index contributed by atoms with van der Waals surface area (Å²) < 4.78 is 27.4. The van der Waals surface area contributed by atoms with Gasteiger partial charge in [-0.3, -0.25) is 0 Å². The van der Waals surface area contributed by atoms with Crippen LogP contribution in [0.5, 0.6) is 0 Å². The Balaban J connectivity index is 1.59. The third-order valence-electron chi connectivity index (χ3n) is 6.37. The van der Waals surface area contributed by atoms with Crippen molar-refractivity contribution in [1.82, 2.24) is 0 Å². The maximum atomic E-state index is 14.1. The van der Waals surface area contributed by atoms with Crippen LogP contribution in [0.2, 0.25) is 0 Å². The number of rotatable bonds is 4. The van der Waals surface area contributed by atoms with Crippen molar-refractivity contribution in [3.63, 3.8) is 0 Å². The van der Waals surface area contributed by atoms with Crippen LogP contribution in [0.4, 0.5) is 8.78 Å². The van der Waals surface area contributed by atoms with Gasteiger partial charge in [-0.2, -0.15) is 0 Å². The number of halogens is 2. The van der Waals surface area contributed by atoms with Crippen molar-refractivity contribution in [3.8, 4) is 0 Å². The highest BCUT2D eigenvalue weighted by atomic mass is 19.1. The van der Waals surface area contributed by atoms with Crippen LogP contribution in [-0.2, 0) is 0 Å². The Hall–Kier alpha value is -1.82. The van der Waals surface area contributed by atoms with E-state index in [9.17, 15) is 8.78 Å². The van der Waals surface area contributed by atoms with Gasteiger partial charge >= 0.3 is 0 Å². The minimum atomic E-state index is -0.223. The molecule has 144 valence electrons. The highest BCUT2D eigenvalue weighted by Gasteiger charge is 2.37. The molecule has 0 bridgehead atoms. The molecule has 0 amide bonds. The second-order valence-corrected chi connectivity index (χ2v) is 7.89. The standard InChI is InChI=1S/C22H26F2N2O/c23-17-3-1-16(2-4-17)19-7-8-22(21-15-18(24)5-6-20(19)21)26-11-9-25(10-12-26)13-14-27/h1-6,15,19,22,27H,7-14H2/p+2/t19-,22-/m0/s1. The molecule has 3 N–H and O–H groups in total. The van der Waals surface area contributed by atoms with Gasteiger partial charge in [-0.15, -0.1) is 0 Å². The molecule has 2 aliphatic rings. The molecule has 1 fully saturated rings. The average molecular weight is 374 g/mol. The minimum absolute atomic E-state index is 0.178. The van der Waals surface area contributed by atoms with Gasteiger partial charge in [0, 0.05) is 17.9 Å². The van der Waals surface area contributed by atoms with Gasteiger partial charge in [0.1, 0.15) is 50.4 Å². The minimum Gasteiger partial charge on any atom is -0.391 e. The number of hydrogen-bond acceptors (Lipinski definition) is 1. The quantitative estimate of drug-likeness (QED) is 0.723. The molecule has 0 aromatic heterocycles. The Labute approximate surface area is 159 Å². The largest absolute Gasteiger partial charge is 0.391 e. The third kappa shape index (κ3) is 3.91. The summed E-state index contributed by atoms with van der Waals surface area (Å²) in [6.07, 6.45) is 2.02. The van der Waals surface area contributed by atoms with Crippen LogP contribution in [-0.4, -0.2) is 44.4 Å². The van der Waals surface area contributed by atoms with Crippen LogP contribution in [0.25, 0.3) is 0 Å². The van der Waals surface area contributed by atoms with Gasteiger partial charge in [-0.1, -0.05) is 18.2 Å². The summed E-state index contributed by atoms with van der Waals surface area (Å²) in [7, 11) is 0. The Morgan fingerprint density at radius 3 is 2.26 bits per heavy atom. The highest BCUT2D eigenvalue weighted by molar-refractivity contribution is 5.41. The molecule has 1 aliphatic heterocycles. The first-order valence-electron chi connectivity index (χ1n) is 9.99. The van der Waals surface area contributed by atoms with Crippen LogP contribution in [0, 0.1) is 11.6 Å². The summed E-state index contributed by atoms with van der Waals surface area (Å²) in [6, 6.07) is 12.3. The lowest BCUT2D eigenvalue weighted by Gasteiger charge is -2.39. The van der Waals surface area contributed by atoms with Crippen molar-refractivity contribution in [1.29, 1.82) is 0 Å². The van der Waals surface area contributed by atoms with E-state index >= 15 is 0 Å². The Morgan fingerprint density at radius 2 is 1.56 bits per heavy atom. The summed E-state index contributed by atoms with van der Waals surface area (Å²) >= 11 is 0. The number of nitrogens with one attached hydrogen (secondary N) is 2. The summed E-state index contributed by atoms with van der Waals surface area (Å²) in [5.74, 6) is -0.194. The molecule has 0 unspecified atom stereocenters. The van der Waals surface area contributed by atoms with E-state index in [1.54, 1.807) is 12.1 Å². The molecule has 2 atom stereocenters. The molecule has 0 radical (unpaired) electrons. The molecule has 5 heteroatoms. The fraction of sp³-hybridized carbons (Fsp3) is 0.455. The zero-order chi connectivity index (χ0) is 18.8.